The van der Waals surface area contributed by atoms with E-state index in [0.717, 1.165) is 45.4 Å². The number of carbonyl (C=O) groups excluding carboxylic acids is 1. The van der Waals surface area contributed by atoms with Crippen LogP contribution in [0.3, 0.4) is 0 Å². The van der Waals surface area contributed by atoms with Gasteiger partial charge in [-0.2, -0.15) is 0 Å². The fourth-order valence-corrected chi connectivity index (χ4v) is 2.71. The highest BCUT2D eigenvalue weighted by molar-refractivity contribution is 5.83. The first-order chi connectivity index (χ1) is 7.78. The number of hydrogen-bond donors (Lipinski definition) is 1. The standard InChI is InChI=1S/C12H22N2O2/c1-2-12(4-3-5-13-10-12)11(15)14-6-8-16-9-7-14/h13H,2-10H2,1H3. The van der Waals surface area contributed by atoms with E-state index in [1.54, 1.807) is 0 Å². The fourth-order valence-electron chi connectivity index (χ4n) is 2.71. The first kappa shape index (κ1) is 11.9. The van der Waals surface area contributed by atoms with Gasteiger partial charge in [0, 0.05) is 19.6 Å². The van der Waals surface area contributed by atoms with Gasteiger partial charge in [-0.3, -0.25) is 4.79 Å². The molecular weight excluding hydrogens is 204 g/mol. The largest absolute Gasteiger partial charge is 0.378 e. The number of ether oxygens (including phenoxy) is 1. The Balaban J connectivity index is 2.04. The third-order valence-corrected chi connectivity index (χ3v) is 3.90. The van der Waals surface area contributed by atoms with E-state index in [1.165, 1.54) is 0 Å². The van der Waals surface area contributed by atoms with Crippen molar-refractivity contribution < 1.29 is 9.53 Å². The first-order valence-corrected chi connectivity index (χ1v) is 6.36. The van der Waals surface area contributed by atoms with Crippen LogP contribution in [-0.2, 0) is 9.53 Å². The van der Waals surface area contributed by atoms with Gasteiger partial charge in [-0.05, 0) is 25.8 Å². The lowest BCUT2D eigenvalue weighted by Crippen LogP contribution is -2.54. The molecule has 0 spiro atoms. The van der Waals surface area contributed by atoms with E-state index in [4.69, 9.17) is 4.74 Å². The number of hydrogen-bond acceptors (Lipinski definition) is 3. The van der Waals surface area contributed by atoms with Crippen LogP contribution < -0.4 is 5.32 Å². The highest BCUT2D eigenvalue weighted by Crippen LogP contribution is 2.32. The summed E-state index contributed by atoms with van der Waals surface area (Å²) in [6.45, 7) is 6.95. The van der Waals surface area contributed by atoms with Crippen LogP contribution in [0.1, 0.15) is 26.2 Å². The topological polar surface area (TPSA) is 41.6 Å². The highest BCUT2D eigenvalue weighted by atomic mass is 16.5. The number of nitrogens with zero attached hydrogens (tertiary/aromatic N) is 1. The van der Waals surface area contributed by atoms with Gasteiger partial charge in [-0.15, -0.1) is 0 Å². The Morgan fingerprint density at radius 2 is 2.19 bits per heavy atom. The maximum absolute atomic E-state index is 12.5. The lowest BCUT2D eigenvalue weighted by molar-refractivity contribution is -0.147. The Kier molecular flexibility index (Phi) is 3.82. The molecule has 0 aliphatic carbocycles. The van der Waals surface area contributed by atoms with Gasteiger partial charge < -0.3 is 15.0 Å². The second kappa shape index (κ2) is 5.15. The van der Waals surface area contributed by atoms with Crippen molar-refractivity contribution in [2.24, 2.45) is 5.41 Å². The predicted octanol–water partition coefficient (Wildman–Crippen LogP) is 0.625. The van der Waals surface area contributed by atoms with Gasteiger partial charge >= 0.3 is 0 Å². The summed E-state index contributed by atoms with van der Waals surface area (Å²) in [4.78, 5) is 14.5. The Labute approximate surface area is 97.3 Å². The summed E-state index contributed by atoms with van der Waals surface area (Å²) in [6.07, 6.45) is 3.09. The molecule has 2 aliphatic heterocycles. The first-order valence-electron chi connectivity index (χ1n) is 6.36. The second-order valence-corrected chi connectivity index (χ2v) is 4.82. The van der Waals surface area contributed by atoms with E-state index >= 15 is 0 Å². The van der Waals surface area contributed by atoms with Crippen LogP contribution in [0.25, 0.3) is 0 Å². The van der Waals surface area contributed by atoms with Gasteiger partial charge in [0.2, 0.25) is 5.91 Å². The summed E-state index contributed by atoms with van der Waals surface area (Å²) in [7, 11) is 0. The van der Waals surface area contributed by atoms with Crippen molar-refractivity contribution in [1.82, 2.24) is 10.2 Å². The summed E-state index contributed by atoms with van der Waals surface area (Å²) >= 11 is 0. The molecule has 0 bridgehead atoms. The highest BCUT2D eigenvalue weighted by Gasteiger charge is 2.40. The number of nitrogens with one attached hydrogen (secondary N) is 1. The van der Waals surface area contributed by atoms with Crippen molar-refractivity contribution in [3.8, 4) is 0 Å². The molecule has 16 heavy (non-hydrogen) atoms. The molecule has 2 aliphatic rings. The third-order valence-electron chi connectivity index (χ3n) is 3.90. The zero-order valence-electron chi connectivity index (χ0n) is 10.1. The van der Waals surface area contributed by atoms with Crippen LogP contribution in [0.5, 0.6) is 0 Å². The van der Waals surface area contributed by atoms with E-state index in [-0.39, 0.29) is 5.41 Å². The number of morpholine rings is 1. The van der Waals surface area contributed by atoms with Gasteiger partial charge in [-0.1, -0.05) is 6.92 Å². The van der Waals surface area contributed by atoms with Gasteiger partial charge in [0.1, 0.15) is 0 Å². The van der Waals surface area contributed by atoms with Crippen LogP contribution in [0.4, 0.5) is 0 Å². The number of rotatable bonds is 2. The maximum Gasteiger partial charge on any atom is 0.230 e. The molecule has 2 saturated heterocycles. The molecule has 2 fully saturated rings. The Bertz CT molecular complexity index is 243. The molecule has 92 valence electrons. The van der Waals surface area contributed by atoms with E-state index in [9.17, 15) is 4.79 Å². The minimum absolute atomic E-state index is 0.143. The smallest absolute Gasteiger partial charge is 0.230 e. The molecule has 2 rings (SSSR count). The fraction of sp³-hybridized carbons (Fsp3) is 0.917. The Hall–Kier alpha value is -0.610. The average molecular weight is 226 g/mol. The monoisotopic (exact) mass is 226 g/mol. The molecule has 1 N–H and O–H groups in total. The second-order valence-electron chi connectivity index (χ2n) is 4.82. The van der Waals surface area contributed by atoms with Crippen LogP contribution in [0, 0.1) is 5.41 Å². The number of carbonyl (C=O) groups is 1. The molecule has 0 saturated carbocycles. The van der Waals surface area contributed by atoms with Gasteiger partial charge in [-0.25, -0.2) is 0 Å². The zero-order chi connectivity index (χ0) is 11.4. The lowest BCUT2D eigenvalue weighted by Gasteiger charge is -2.40. The zero-order valence-corrected chi connectivity index (χ0v) is 10.1. The molecular formula is C12H22N2O2. The molecule has 1 atom stereocenters. The molecule has 0 aromatic rings. The van der Waals surface area contributed by atoms with E-state index in [0.29, 0.717) is 19.1 Å². The number of piperidine rings is 1. The van der Waals surface area contributed by atoms with Crippen molar-refractivity contribution >= 4 is 5.91 Å². The van der Waals surface area contributed by atoms with E-state index in [2.05, 4.69) is 12.2 Å². The summed E-state index contributed by atoms with van der Waals surface area (Å²) in [5.41, 5.74) is -0.143. The van der Waals surface area contributed by atoms with Gasteiger partial charge in [0.15, 0.2) is 0 Å². The van der Waals surface area contributed by atoms with Crippen molar-refractivity contribution in [2.75, 3.05) is 39.4 Å². The molecule has 0 aromatic carbocycles. The quantitative estimate of drug-likeness (QED) is 0.750. The molecule has 4 nitrogen and oxygen atoms in total. The lowest BCUT2D eigenvalue weighted by atomic mass is 9.77. The molecule has 1 amide bonds. The van der Waals surface area contributed by atoms with Crippen LogP contribution in [-0.4, -0.2) is 50.2 Å². The van der Waals surface area contributed by atoms with Crippen molar-refractivity contribution in [3.05, 3.63) is 0 Å². The minimum Gasteiger partial charge on any atom is -0.378 e. The Morgan fingerprint density at radius 3 is 2.75 bits per heavy atom. The summed E-state index contributed by atoms with van der Waals surface area (Å²) < 4.78 is 5.29. The number of amides is 1. The van der Waals surface area contributed by atoms with Crippen LogP contribution in [0.2, 0.25) is 0 Å². The SMILES string of the molecule is CCC1(C(=O)N2CCOCC2)CCCNC1. The van der Waals surface area contributed by atoms with Crippen LogP contribution in [0.15, 0.2) is 0 Å². The minimum atomic E-state index is -0.143. The van der Waals surface area contributed by atoms with Crippen molar-refractivity contribution in [1.29, 1.82) is 0 Å². The predicted molar refractivity (Wildman–Crippen MR) is 62.2 cm³/mol. The molecule has 1 unspecified atom stereocenters. The van der Waals surface area contributed by atoms with Crippen molar-refractivity contribution in [3.63, 3.8) is 0 Å². The third kappa shape index (κ3) is 2.23. The normalized spacial score (nSPS) is 31.4. The summed E-state index contributed by atoms with van der Waals surface area (Å²) in [5, 5.41) is 3.37. The molecule has 0 aromatic heterocycles. The van der Waals surface area contributed by atoms with Gasteiger partial charge in [0.05, 0.1) is 18.6 Å². The maximum atomic E-state index is 12.5. The summed E-state index contributed by atoms with van der Waals surface area (Å²) in [5.74, 6) is 0.338. The van der Waals surface area contributed by atoms with Crippen molar-refractivity contribution in [2.45, 2.75) is 26.2 Å². The molecule has 2 heterocycles. The summed E-state index contributed by atoms with van der Waals surface area (Å²) in [6, 6.07) is 0. The molecule has 0 radical (unpaired) electrons. The Morgan fingerprint density at radius 1 is 1.44 bits per heavy atom. The van der Waals surface area contributed by atoms with E-state index < -0.39 is 0 Å². The average Bonchev–Trinajstić information content (AvgIpc) is 2.39. The van der Waals surface area contributed by atoms with E-state index in [1.807, 2.05) is 4.90 Å². The van der Waals surface area contributed by atoms with Crippen LogP contribution >= 0.6 is 0 Å². The van der Waals surface area contributed by atoms with Gasteiger partial charge in [0.25, 0.3) is 0 Å². The molecule has 4 heteroatoms.